The molecule has 2 N–H and O–H groups in total. The Labute approximate surface area is 110 Å². The molecule has 1 aromatic rings. The third-order valence-corrected chi connectivity index (χ3v) is 6.03. The van der Waals surface area contributed by atoms with Gasteiger partial charge in [-0.2, -0.15) is 0 Å². The van der Waals surface area contributed by atoms with E-state index in [1.807, 2.05) is 0 Å². The van der Waals surface area contributed by atoms with Crippen LogP contribution in [0.3, 0.4) is 0 Å². The van der Waals surface area contributed by atoms with E-state index < -0.39 is 16.1 Å². The number of sulfonamides is 1. The van der Waals surface area contributed by atoms with Crippen LogP contribution in [0.4, 0.5) is 0 Å². The molecule has 96 valence electrons. The van der Waals surface area contributed by atoms with Crippen LogP contribution in [0, 0.1) is 0 Å². The van der Waals surface area contributed by atoms with Crippen molar-refractivity contribution < 1.29 is 13.5 Å². The number of hydrogen-bond donors (Lipinski definition) is 2. The van der Waals surface area contributed by atoms with Crippen LogP contribution < -0.4 is 4.72 Å². The van der Waals surface area contributed by atoms with Crippen molar-refractivity contribution in [3.05, 3.63) is 16.5 Å². The van der Waals surface area contributed by atoms with Gasteiger partial charge in [0.2, 0.25) is 10.0 Å². The van der Waals surface area contributed by atoms with E-state index in [2.05, 4.69) is 4.72 Å². The molecule has 0 aromatic carbocycles. The third-order valence-electron chi connectivity index (χ3n) is 2.78. The molecule has 1 aromatic heterocycles. The lowest BCUT2D eigenvalue weighted by molar-refractivity contribution is 0.117. The highest BCUT2D eigenvalue weighted by atomic mass is 35.5. The van der Waals surface area contributed by atoms with Gasteiger partial charge in [-0.25, -0.2) is 13.1 Å². The predicted molar refractivity (Wildman–Crippen MR) is 67.9 cm³/mol. The van der Waals surface area contributed by atoms with Crippen LogP contribution in [0.25, 0.3) is 0 Å². The van der Waals surface area contributed by atoms with Crippen LogP contribution in [-0.4, -0.2) is 25.7 Å². The van der Waals surface area contributed by atoms with E-state index in [0.717, 1.165) is 30.6 Å². The Bertz CT molecular complexity index is 485. The molecular formula is C10H14ClNO3S2. The molecule has 1 heterocycles. The zero-order valence-electron chi connectivity index (χ0n) is 9.10. The summed E-state index contributed by atoms with van der Waals surface area (Å²) in [7, 11) is -3.49. The lowest BCUT2D eigenvalue weighted by Gasteiger charge is -2.26. The highest BCUT2D eigenvalue weighted by molar-refractivity contribution is 7.91. The standard InChI is InChI=1S/C10H14ClNO3S2/c11-9-4-5-10(16-9)17(14,15)12-7-2-1-3-8(13)6-7/h4-5,7-8,12-13H,1-3,6H2/t7-,8-/m1/s1. The Morgan fingerprint density at radius 1 is 1.41 bits per heavy atom. The summed E-state index contributed by atoms with van der Waals surface area (Å²) in [5.74, 6) is 0. The van der Waals surface area contributed by atoms with Crippen LogP contribution in [0.2, 0.25) is 4.34 Å². The van der Waals surface area contributed by atoms with E-state index >= 15 is 0 Å². The molecule has 0 bridgehead atoms. The molecule has 0 saturated heterocycles. The first-order valence-electron chi connectivity index (χ1n) is 5.43. The van der Waals surface area contributed by atoms with Crippen LogP contribution in [0.1, 0.15) is 25.7 Å². The summed E-state index contributed by atoms with van der Waals surface area (Å²) in [6.45, 7) is 0. The second kappa shape index (κ2) is 5.24. The Kier molecular flexibility index (Phi) is 4.10. The van der Waals surface area contributed by atoms with Gasteiger partial charge in [0.15, 0.2) is 0 Å². The first-order valence-corrected chi connectivity index (χ1v) is 8.11. The molecule has 4 nitrogen and oxygen atoms in total. The maximum absolute atomic E-state index is 12.0. The van der Waals surface area contributed by atoms with Crippen LogP contribution in [0.5, 0.6) is 0 Å². The van der Waals surface area contributed by atoms with E-state index in [1.54, 1.807) is 6.07 Å². The van der Waals surface area contributed by atoms with Crippen molar-refractivity contribution in [2.75, 3.05) is 0 Å². The number of aliphatic hydroxyl groups excluding tert-OH is 1. The average molecular weight is 296 g/mol. The maximum Gasteiger partial charge on any atom is 0.250 e. The molecule has 0 spiro atoms. The minimum atomic E-state index is -3.49. The van der Waals surface area contributed by atoms with Gasteiger partial charge in [-0.3, -0.25) is 0 Å². The molecule has 1 aliphatic carbocycles. The minimum absolute atomic E-state index is 0.176. The van der Waals surface area contributed by atoms with Crippen LogP contribution in [0.15, 0.2) is 16.3 Å². The molecule has 0 aliphatic heterocycles. The van der Waals surface area contributed by atoms with Crippen molar-refractivity contribution in [1.82, 2.24) is 4.72 Å². The fourth-order valence-corrected chi connectivity index (χ4v) is 4.77. The molecule has 1 saturated carbocycles. The molecule has 7 heteroatoms. The highest BCUT2D eigenvalue weighted by Crippen LogP contribution is 2.27. The smallest absolute Gasteiger partial charge is 0.250 e. The molecule has 0 radical (unpaired) electrons. The molecular weight excluding hydrogens is 282 g/mol. The monoisotopic (exact) mass is 295 g/mol. The summed E-state index contributed by atoms with van der Waals surface area (Å²) < 4.78 is 27.3. The Morgan fingerprint density at radius 2 is 2.18 bits per heavy atom. The molecule has 2 rings (SSSR count). The van der Waals surface area contributed by atoms with Crippen molar-refractivity contribution in [2.45, 2.75) is 42.0 Å². The Balaban J connectivity index is 2.07. The van der Waals surface area contributed by atoms with Gasteiger partial charge in [0, 0.05) is 6.04 Å². The lowest BCUT2D eigenvalue weighted by Crippen LogP contribution is -2.39. The number of hydrogen-bond acceptors (Lipinski definition) is 4. The van der Waals surface area contributed by atoms with Gasteiger partial charge >= 0.3 is 0 Å². The molecule has 1 aliphatic rings. The summed E-state index contributed by atoms with van der Waals surface area (Å²) in [5, 5.41) is 9.50. The fraction of sp³-hybridized carbons (Fsp3) is 0.600. The summed E-state index contributed by atoms with van der Waals surface area (Å²) in [6.07, 6.45) is 2.46. The maximum atomic E-state index is 12.0. The van der Waals surface area contributed by atoms with E-state index in [-0.39, 0.29) is 10.3 Å². The van der Waals surface area contributed by atoms with Gasteiger partial charge < -0.3 is 5.11 Å². The number of halogens is 1. The van der Waals surface area contributed by atoms with E-state index in [9.17, 15) is 13.5 Å². The van der Waals surface area contributed by atoms with Crippen LogP contribution in [-0.2, 0) is 10.0 Å². The van der Waals surface area contributed by atoms with E-state index in [1.165, 1.54) is 6.07 Å². The normalized spacial score (nSPS) is 26.0. The summed E-state index contributed by atoms with van der Waals surface area (Å²) in [4.78, 5) is 0. The quantitative estimate of drug-likeness (QED) is 0.896. The summed E-state index contributed by atoms with van der Waals surface area (Å²) >= 11 is 6.76. The number of nitrogens with one attached hydrogen (secondary N) is 1. The molecule has 1 fully saturated rings. The largest absolute Gasteiger partial charge is 0.393 e. The fourth-order valence-electron chi connectivity index (χ4n) is 1.99. The topological polar surface area (TPSA) is 66.4 Å². The van der Waals surface area contributed by atoms with E-state index in [4.69, 9.17) is 11.6 Å². The summed E-state index contributed by atoms with van der Waals surface area (Å²) in [5.41, 5.74) is 0. The van der Waals surface area contributed by atoms with Gasteiger partial charge in [0.25, 0.3) is 0 Å². The second-order valence-corrected chi connectivity index (χ2v) is 7.85. The molecule has 0 amide bonds. The molecule has 0 unspecified atom stereocenters. The second-order valence-electron chi connectivity index (χ2n) is 4.20. The van der Waals surface area contributed by atoms with Gasteiger partial charge in [0.1, 0.15) is 4.21 Å². The minimum Gasteiger partial charge on any atom is -0.393 e. The first kappa shape index (κ1) is 13.3. The molecule has 2 atom stereocenters. The van der Waals surface area contributed by atoms with Gasteiger partial charge in [-0.05, 0) is 37.8 Å². The van der Waals surface area contributed by atoms with Gasteiger partial charge in [0.05, 0.1) is 10.4 Å². The van der Waals surface area contributed by atoms with Crippen molar-refractivity contribution in [1.29, 1.82) is 0 Å². The highest BCUT2D eigenvalue weighted by Gasteiger charge is 2.26. The number of rotatable bonds is 3. The molecule has 17 heavy (non-hydrogen) atoms. The lowest BCUT2D eigenvalue weighted by atomic mass is 9.94. The number of thiophene rings is 1. The Hall–Kier alpha value is -0.140. The van der Waals surface area contributed by atoms with Crippen molar-refractivity contribution in [2.24, 2.45) is 0 Å². The average Bonchev–Trinajstić information content (AvgIpc) is 2.65. The summed E-state index contributed by atoms with van der Waals surface area (Å²) in [6, 6.07) is 2.88. The van der Waals surface area contributed by atoms with Crippen molar-refractivity contribution in [3.63, 3.8) is 0 Å². The Morgan fingerprint density at radius 3 is 2.76 bits per heavy atom. The van der Waals surface area contributed by atoms with Crippen molar-refractivity contribution >= 4 is 33.0 Å². The van der Waals surface area contributed by atoms with Crippen molar-refractivity contribution in [3.8, 4) is 0 Å². The number of aliphatic hydroxyl groups is 1. The SMILES string of the molecule is O=S(=O)(N[C@@H]1CCC[C@@H](O)C1)c1ccc(Cl)s1. The van der Waals surface area contributed by atoms with Gasteiger partial charge in [-0.1, -0.05) is 11.6 Å². The first-order chi connectivity index (χ1) is 7.97. The zero-order chi connectivity index (χ0) is 12.5. The van der Waals surface area contributed by atoms with E-state index in [0.29, 0.717) is 10.8 Å². The van der Waals surface area contributed by atoms with Crippen LogP contribution >= 0.6 is 22.9 Å². The van der Waals surface area contributed by atoms with Gasteiger partial charge in [-0.15, -0.1) is 11.3 Å². The zero-order valence-corrected chi connectivity index (χ0v) is 11.5. The predicted octanol–water partition coefficient (Wildman–Crippen LogP) is 1.98. The third kappa shape index (κ3) is 3.42.